The van der Waals surface area contributed by atoms with Gasteiger partial charge in [0.05, 0.1) is 5.56 Å². The van der Waals surface area contributed by atoms with Crippen LogP contribution in [0.1, 0.15) is 10.4 Å². The molecule has 4 heteroatoms. The molecule has 0 bridgehead atoms. The Kier molecular flexibility index (Phi) is 2.45. The van der Waals surface area contributed by atoms with E-state index in [9.17, 15) is 4.79 Å². The van der Waals surface area contributed by atoms with E-state index in [-0.39, 0.29) is 0 Å². The first-order valence-corrected chi connectivity index (χ1v) is 4.78. The first-order chi connectivity index (χ1) is 6.83. The first kappa shape index (κ1) is 9.15. The van der Waals surface area contributed by atoms with Crippen molar-refractivity contribution >= 4 is 22.2 Å². The summed E-state index contributed by atoms with van der Waals surface area (Å²) in [5, 5.41) is 3.67. The number of aldehydes is 1. The number of carbonyl (C=O) groups excluding carboxylic acids is 1. The smallest absolute Gasteiger partial charge is 0.178 e. The van der Waals surface area contributed by atoms with Crippen LogP contribution in [0.25, 0.3) is 11.3 Å². The van der Waals surface area contributed by atoms with Crippen LogP contribution >= 0.6 is 15.9 Å². The predicted octanol–water partition coefficient (Wildman–Crippen LogP) is 2.92. The van der Waals surface area contributed by atoms with Crippen molar-refractivity contribution in [3.05, 3.63) is 40.5 Å². The van der Waals surface area contributed by atoms with Crippen LogP contribution in [0.4, 0.5) is 0 Å². The van der Waals surface area contributed by atoms with Crippen LogP contribution in [-0.2, 0) is 0 Å². The summed E-state index contributed by atoms with van der Waals surface area (Å²) in [6.45, 7) is 0. The number of aromatic nitrogens is 1. The van der Waals surface area contributed by atoms with Gasteiger partial charge >= 0.3 is 0 Å². The van der Waals surface area contributed by atoms with Gasteiger partial charge in [0.25, 0.3) is 0 Å². The quantitative estimate of drug-likeness (QED) is 0.771. The van der Waals surface area contributed by atoms with Gasteiger partial charge < -0.3 is 4.52 Å². The van der Waals surface area contributed by atoms with Crippen molar-refractivity contribution in [3.8, 4) is 11.3 Å². The van der Waals surface area contributed by atoms with Crippen molar-refractivity contribution in [2.45, 2.75) is 0 Å². The minimum atomic E-state index is 0.436. The van der Waals surface area contributed by atoms with E-state index in [0.717, 1.165) is 11.8 Å². The zero-order valence-corrected chi connectivity index (χ0v) is 8.69. The maximum atomic E-state index is 10.8. The van der Waals surface area contributed by atoms with Crippen molar-refractivity contribution in [2.75, 3.05) is 0 Å². The molecular weight excluding hydrogens is 246 g/mol. The van der Waals surface area contributed by atoms with Gasteiger partial charge in [-0.1, -0.05) is 35.5 Å². The predicted molar refractivity (Wildman–Crippen MR) is 55.0 cm³/mol. The van der Waals surface area contributed by atoms with Crippen LogP contribution < -0.4 is 0 Å². The number of benzene rings is 1. The highest BCUT2D eigenvalue weighted by molar-refractivity contribution is 9.10. The number of halogens is 1. The molecular formula is C10H6BrNO2. The second-order valence-electron chi connectivity index (χ2n) is 2.70. The van der Waals surface area contributed by atoms with Crippen molar-refractivity contribution in [3.63, 3.8) is 0 Å². The second kappa shape index (κ2) is 3.75. The topological polar surface area (TPSA) is 43.1 Å². The molecule has 0 aliphatic rings. The molecule has 0 unspecified atom stereocenters. The Hall–Kier alpha value is -1.42. The average Bonchev–Trinajstić information content (AvgIpc) is 2.61. The Bertz CT molecular complexity index is 450. The zero-order chi connectivity index (χ0) is 9.97. The van der Waals surface area contributed by atoms with Crippen molar-refractivity contribution < 1.29 is 9.32 Å². The van der Waals surface area contributed by atoms with E-state index < -0.39 is 0 Å². The number of carbonyl (C=O) groups is 1. The summed E-state index contributed by atoms with van der Waals surface area (Å²) in [5.74, 6) is 0.493. The van der Waals surface area contributed by atoms with E-state index in [1.165, 1.54) is 0 Å². The summed E-state index contributed by atoms with van der Waals surface area (Å²) in [6.07, 6.45) is 0.725. The molecule has 0 amide bonds. The van der Waals surface area contributed by atoms with Gasteiger partial charge in [0.15, 0.2) is 16.6 Å². The van der Waals surface area contributed by atoms with Gasteiger partial charge in [-0.05, 0) is 15.9 Å². The summed E-state index contributed by atoms with van der Waals surface area (Å²) in [5.41, 5.74) is 1.28. The molecule has 0 spiro atoms. The maximum absolute atomic E-state index is 10.8. The van der Waals surface area contributed by atoms with Gasteiger partial charge in [0, 0.05) is 5.56 Å². The third-order valence-corrected chi connectivity index (χ3v) is 2.41. The Morgan fingerprint density at radius 1 is 1.29 bits per heavy atom. The summed E-state index contributed by atoms with van der Waals surface area (Å²) in [7, 11) is 0. The fraction of sp³-hybridized carbons (Fsp3) is 0. The minimum absolute atomic E-state index is 0.436. The fourth-order valence-electron chi connectivity index (χ4n) is 1.18. The lowest BCUT2D eigenvalue weighted by molar-refractivity contribution is 0.112. The monoisotopic (exact) mass is 251 g/mol. The molecule has 70 valence electrons. The summed E-state index contributed by atoms with van der Waals surface area (Å²) < 4.78 is 5.48. The molecule has 2 aromatic rings. The van der Waals surface area contributed by atoms with E-state index in [4.69, 9.17) is 4.52 Å². The van der Waals surface area contributed by atoms with Gasteiger partial charge in [-0.3, -0.25) is 4.79 Å². The van der Waals surface area contributed by atoms with Crippen LogP contribution in [0.5, 0.6) is 0 Å². The molecule has 3 nitrogen and oxygen atoms in total. The SMILES string of the molecule is O=Cc1c(Br)noc1-c1ccccc1. The number of hydrogen-bond acceptors (Lipinski definition) is 3. The lowest BCUT2D eigenvalue weighted by Gasteiger charge is -1.94. The van der Waals surface area contributed by atoms with Gasteiger partial charge in [-0.2, -0.15) is 0 Å². The molecule has 1 aromatic carbocycles. The number of rotatable bonds is 2. The van der Waals surface area contributed by atoms with Gasteiger partial charge in [0.1, 0.15) is 0 Å². The highest BCUT2D eigenvalue weighted by Crippen LogP contribution is 2.27. The molecule has 2 rings (SSSR count). The first-order valence-electron chi connectivity index (χ1n) is 3.98. The molecule has 0 N–H and O–H groups in total. The fourth-order valence-corrected chi connectivity index (χ4v) is 1.52. The van der Waals surface area contributed by atoms with Crippen LogP contribution in [0, 0.1) is 0 Å². The minimum Gasteiger partial charge on any atom is -0.354 e. The molecule has 0 aliphatic carbocycles. The largest absolute Gasteiger partial charge is 0.354 e. The number of hydrogen-bond donors (Lipinski definition) is 0. The standard InChI is InChI=1S/C10H6BrNO2/c11-10-8(6-13)9(14-12-10)7-4-2-1-3-5-7/h1-6H. The van der Waals surface area contributed by atoms with Crippen molar-refractivity contribution in [2.24, 2.45) is 0 Å². The maximum Gasteiger partial charge on any atom is 0.178 e. The Labute approximate surface area is 88.8 Å². The third kappa shape index (κ3) is 1.48. The van der Waals surface area contributed by atoms with Crippen LogP contribution in [0.15, 0.2) is 39.5 Å². The molecule has 1 heterocycles. The zero-order valence-electron chi connectivity index (χ0n) is 7.11. The summed E-state index contributed by atoms with van der Waals surface area (Å²) in [6, 6.07) is 9.37. The molecule has 0 saturated heterocycles. The van der Waals surface area contributed by atoms with E-state index in [2.05, 4.69) is 21.1 Å². The van der Waals surface area contributed by atoms with Crippen LogP contribution in [-0.4, -0.2) is 11.4 Å². The molecule has 0 aliphatic heterocycles. The van der Waals surface area contributed by atoms with Crippen molar-refractivity contribution in [1.82, 2.24) is 5.16 Å². The van der Waals surface area contributed by atoms with Crippen LogP contribution in [0.3, 0.4) is 0 Å². The van der Waals surface area contributed by atoms with Crippen LogP contribution in [0.2, 0.25) is 0 Å². The molecule has 1 aromatic heterocycles. The normalized spacial score (nSPS) is 10.1. The highest BCUT2D eigenvalue weighted by Gasteiger charge is 2.14. The summed E-state index contributed by atoms with van der Waals surface area (Å²) >= 11 is 3.14. The van der Waals surface area contributed by atoms with Crippen molar-refractivity contribution in [1.29, 1.82) is 0 Å². The molecule has 14 heavy (non-hydrogen) atoms. The van der Waals surface area contributed by atoms with E-state index in [1.807, 2.05) is 30.3 Å². The Morgan fingerprint density at radius 2 is 2.00 bits per heavy atom. The lowest BCUT2D eigenvalue weighted by atomic mass is 10.1. The molecule has 0 saturated carbocycles. The Balaban J connectivity index is 2.57. The molecule has 0 fully saturated rings. The summed E-state index contributed by atoms with van der Waals surface area (Å²) in [4.78, 5) is 10.8. The second-order valence-corrected chi connectivity index (χ2v) is 3.45. The molecule has 0 atom stereocenters. The van der Waals surface area contributed by atoms with Gasteiger partial charge in [-0.25, -0.2) is 0 Å². The molecule has 0 radical (unpaired) electrons. The Morgan fingerprint density at radius 3 is 2.64 bits per heavy atom. The third-order valence-electron chi connectivity index (χ3n) is 1.84. The van der Waals surface area contributed by atoms with Gasteiger partial charge in [-0.15, -0.1) is 0 Å². The van der Waals surface area contributed by atoms with E-state index >= 15 is 0 Å². The van der Waals surface area contributed by atoms with E-state index in [1.54, 1.807) is 0 Å². The van der Waals surface area contributed by atoms with E-state index in [0.29, 0.717) is 15.9 Å². The lowest BCUT2D eigenvalue weighted by Crippen LogP contribution is -1.81. The average molecular weight is 252 g/mol. The number of nitrogens with zero attached hydrogens (tertiary/aromatic N) is 1. The van der Waals surface area contributed by atoms with Gasteiger partial charge in [0.2, 0.25) is 0 Å². The highest BCUT2D eigenvalue weighted by atomic mass is 79.9.